The highest BCUT2D eigenvalue weighted by atomic mass is 16.2. The summed E-state index contributed by atoms with van der Waals surface area (Å²) in [4.78, 5) is 25.9. The summed E-state index contributed by atoms with van der Waals surface area (Å²) in [6.45, 7) is 5.10. The van der Waals surface area contributed by atoms with Gasteiger partial charge in [0.1, 0.15) is 0 Å². The molecule has 5 heteroatoms. The molecule has 1 amide bonds. The van der Waals surface area contributed by atoms with E-state index in [1.165, 1.54) is 31.2 Å². The van der Waals surface area contributed by atoms with E-state index >= 15 is 0 Å². The van der Waals surface area contributed by atoms with Crippen LogP contribution in [0.1, 0.15) is 36.8 Å². The van der Waals surface area contributed by atoms with Crippen LogP contribution in [0.15, 0.2) is 36.7 Å². The normalized spacial score (nSPS) is 19.3. The molecule has 2 heterocycles. The average Bonchev–Trinajstić information content (AvgIpc) is 3.17. The van der Waals surface area contributed by atoms with Gasteiger partial charge in [-0.1, -0.05) is 36.6 Å². The standard InChI is InChI=1S/C21H26N4O/c1-16-5-4-6-18(11-16)21-22-12-17(13-23-21)14-24-9-10-25(20(26)15-24)19-7-2-3-8-19/h4-6,11-13,19H,2-3,7-10,14-15H2,1H3. The molecule has 2 aliphatic rings. The molecular weight excluding hydrogens is 324 g/mol. The van der Waals surface area contributed by atoms with Gasteiger partial charge in [-0.25, -0.2) is 9.97 Å². The number of piperazine rings is 1. The van der Waals surface area contributed by atoms with Crippen LogP contribution in [0.2, 0.25) is 0 Å². The summed E-state index contributed by atoms with van der Waals surface area (Å²) >= 11 is 0. The van der Waals surface area contributed by atoms with Gasteiger partial charge < -0.3 is 4.90 Å². The van der Waals surface area contributed by atoms with Crippen molar-refractivity contribution in [3.05, 3.63) is 47.8 Å². The Labute approximate surface area is 155 Å². The van der Waals surface area contributed by atoms with E-state index in [-0.39, 0.29) is 5.91 Å². The first-order chi connectivity index (χ1) is 12.7. The summed E-state index contributed by atoms with van der Waals surface area (Å²) in [7, 11) is 0. The van der Waals surface area contributed by atoms with Crippen molar-refractivity contribution < 1.29 is 4.79 Å². The Morgan fingerprint density at radius 1 is 1.12 bits per heavy atom. The van der Waals surface area contributed by atoms with Gasteiger partial charge in [0.25, 0.3) is 0 Å². The zero-order valence-corrected chi connectivity index (χ0v) is 15.4. The second kappa shape index (κ2) is 7.54. The summed E-state index contributed by atoms with van der Waals surface area (Å²) in [6, 6.07) is 8.71. The van der Waals surface area contributed by atoms with Gasteiger partial charge in [-0.15, -0.1) is 0 Å². The number of amides is 1. The van der Waals surface area contributed by atoms with E-state index in [9.17, 15) is 4.79 Å². The summed E-state index contributed by atoms with van der Waals surface area (Å²) in [5, 5.41) is 0. The maximum atomic E-state index is 12.5. The van der Waals surface area contributed by atoms with Crippen molar-refractivity contribution in [3.8, 4) is 11.4 Å². The molecule has 2 aromatic rings. The monoisotopic (exact) mass is 350 g/mol. The molecule has 1 aromatic heterocycles. The van der Waals surface area contributed by atoms with Crippen molar-refractivity contribution in [1.82, 2.24) is 19.8 Å². The van der Waals surface area contributed by atoms with E-state index < -0.39 is 0 Å². The Balaban J connectivity index is 1.37. The SMILES string of the molecule is Cc1cccc(-c2ncc(CN3CCN(C4CCCC4)C(=O)C3)cn2)c1. The molecule has 1 aliphatic heterocycles. The highest BCUT2D eigenvalue weighted by Crippen LogP contribution is 2.25. The van der Waals surface area contributed by atoms with Gasteiger partial charge in [-0.05, 0) is 25.8 Å². The van der Waals surface area contributed by atoms with Crippen LogP contribution in [-0.2, 0) is 11.3 Å². The highest BCUT2D eigenvalue weighted by molar-refractivity contribution is 5.79. The van der Waals surface area contributed by atoms with E-state index in [0.29, 0.717) is 12.6 Å². The zero-order valence-electron chi connectivity index (χ0n) is 15.4. The van der Waals surface area contributed by atoms with Crippen molar-refractivity contribution in [2.24, 2.45) is 0 Å². The lowest BCUT2D eigenvalue weighted by Gasteiger charge is -2.37. The van der Waals surface area contributed by atoms with Crippen LogP contribution in [0.5, 0.6) is 0 Å². The number of benzene rings is 1. The van der Waals surface area contributed by atoms with Crippen molar-refractivity contribution in [2.75, 3.05) is 19.6 Å². The number of aromatic nitrogens is 2. The Morgan fingerprint density at radius 3 is 2.58 bits per heavy atom. The fourth-order valence-corrected chi connectivity index (χ4v) is 4.10. The van der Waals surface area contributed by atoms with Gasteiger partial charge in [0, 0.05) is 49.2 Å². The van der Waals surface area contributed by atoms with Crippen LogP contribution in [-0.4, -0.2) is 51.4 Å². The molecule has 136 valence electrons. The smallest absolute Gasteiger partial charge is 0.237 e. The average molecular weight is 350 g/mol. The molecular formula is C21H26N4O. The second-order valence-corrected chi connectivity index (χ2v) is 7.52. The van der Waals surface area contributed by atoms with Crippen molar-refractivity contribution >= 4 is 5.91 Å². The van der Waals surface area contributed by atoms with Crippen molar-refractivity contribution in [3.63, 3.8) is 0 Å². The topological polar surface area (TPSA) is 49.3 Å². The summed E-state index contributed by atoms with van der Waals surface area (Å²) in [5.74, 6) is 1.03. The molecule has 1 saturated heterocycles. The zero-order chi connectivity index (χ0) is 17.9. The minimum Gasteiger partial charge on any atom is -0.337 e. The fourth-order valence-electron chi connectivity index (χ4n) is 4.10. The molecule has 5 nitrogen and oxygen atoms in total. The summed E-state index contributed by atoms with van der Waals surface area (Å²) < 4.78 is 0. The number of rotatable bonds is 4. The van der Waals surface area contributed by atoms with Gasteiger partial charge in [-0.3, -0.25) is 9.69 Å². The minimum atomic E-state index is 0.278. The Bertz CT molecular complexity index is 768. The summed E-state index contributed by atoms with van der Waals surface area (Å²) in [6.07, 6.45) is 8.67. The molecule has 0 bridgehead atoms. The minimum absolute atomic E-state index is 0.278. The van der Waals surface area contributed by atoms with Crippen molar-refractivity contribution in [2.45, 2.75) is 45.2 Å². The van der Waals surface area contributed by atoms with E-state index in [0.717, 1.165) is 36.6 Å². The Hall–Kier alpha value is -2.27. The molecule has 0 unspecified atom stereocenters. The third-order valence-electron chi connectivity index (χ3n) is 5.49. The highest BCUT2D eigenvalue weighted by Gasteiger charge is 2.31. The molecule has 1 aromatic carbocycles. The molecule has 1 aliphatic carbocycles. The quantitative estimate of drug-likeness (QED) is 0.850. The van der Waals surface area contributed by atoms with Crippen LogP contribution in [0.3, 0.4) is 0 Å². The van der Waals surface area contributed by atoms with Crippen LogP contribution in [0, 0.1) is 6.92 Å². The molecule has 0 atom stereocenters. The lowest BCUT2D eigenvalue weighted by molar-refractivity contribution is -0.138. The van der Waals surface area contributed by atoms with Crippen LogP contribution in [0.4, 0.5) is 0 Å². The molecule has 26 heavy (non-hydrogen) atoms. The largest absolute Gasteiger partial charge is 0.337 e. The third-order valence-corrected chi connectivity index (χ3v) is 5.49. The van der Waals surface area contributed by atoms with Crippen LogP contribution >= 0.6 is 0 Å². The van der Waals surface area contributed by atoms with Gasteiger partial charge in [0.05, 0.1) is 6.54 Å². The molecule has 2 fully saturated rings. The Kier molecular flexibility index (Phi) is 4.98. The molecule has 4 rings (SSSR count). The number of hydrogen-bond acceptors (Lipinski definition) is 4. The maximum absolute atomic E-state index is 12.5. The number of carbonyl (C=O) groups excluding carboxylic acids is 1. The van der Waals surface area contributed by atoms with Crippen molar-refractivity contribution in [1.29, 1.82) is 0 Å². The molecule has 0 spiro atoms. The first kappa shape index (κ1) is 17.2. The number of nitrogens with zero attached hydrogens (tertiary/aromatic N) is 4. The lowest BCUT2D eigenvalue weighted by Crippen LogP contribution is -2.53. The number of aryl methyl sites for hydroxylation is 1. The predicted molar refractivity (Wildman–Crippen MR) is 101 cm³/mol. The third kappa shape index (κ3) is 3.78. The van der Waals surface area contributed by atoms with Gasteiger partial charge >= 0.3 is 0 Å². The van der Waals surface area contributed by atoms with Gasteiger partial charge in [0.2, 0.25) is 5.91 Å². The Morgan fingerprint density at radius 2 is 1.88 bits per heavy atom. The van der Waals surface area contributed by atoms with E-state index in [4.69, 9.17) is 0 Å². The fraction of sp³-hybridized carbons (Fsp3) is 0.476. The van der Waals surface area contributed by atoms with E-state index in [1.54, 1.807) is 0 Å². The molecule has 0 radical (unpaired) electrons. The number of hydrogen-bond donors (Lipinski definition) is 0. The molecule has 0 N–H and O–H groups in total. The van der Waals surface area contributed by atoms with Gasteiger partial charge in [0.15, 0.2) is 5.82 Å². The summed E-state index contributed by atoms with van der Waals surface area (Å²) in [5.41, 5.74) is 3.30. The van der Waals surface area contributed by atoms with Crippen LogP contribution in [0.25, 0.3) is 11.4 Å². The van der Waals surface area contributed by atoms with E-state index in [1.807, 2.05) is 24.5 Å². The predicted octanol–water partition coefficient (Wildman–Crippen LogP) is 3.04. The molecule has 1 saturated carbocycles. The van der Waals surface area contributed by atoms with E-state index in [2.05, 4.69) is 38.8 Å². The lowest BCUT2D eigenvalue weighted by atomic mass is 10.1. The first-order valence-corrected chi connectivity index (χ1v) is 9.59. The number of carbonyl (C=O) groups is 1. The maximum Gasteiger partial charge on any atom is 0.237 e. The first-order valence-electron chi connectivity index (χ1n) is 9.59. The second-order valence-electron chi connectivity index (χ2n) is 7.52. The van der Waals surface area contributed by atoms with Gasteiger partial charge in [-0.2, -0.15) is 0 Å². The van der Waals surface area contributed by atoms with Crippen LogP contribution < -0.4 is 0 Å².